The summed E-state index contributed by atoms with van der Waals surface area (Å²) in [5.41, 5.74) is 2.69. The summed E-state index contributed by atoms with van der Waals surface area (Å²) in [4.78, 5) is 18.3. The number of hydrogen-bond acceptors (Lipinski definition) is 6. The average Bonchev–Trinajstić information content (AvgIpc) is 3.40. The van der Waals surface area contributed by atoms with Gasteiger partial charge in [-0.15, -0.1) is 10.2 Å². The molecule has 0 radical (unpaired) electrons. The molecule has 0 atom stereocenters. The molecule has 1 fully saturated rings. The fraction of sp³-hybridized carbons (Fsp3) is 0.346. The van der Waals surface area contributed by atoms with E-state index in [-0.39, 0.29) is 5.91 Å². The normalized spacial score (nSPS) is 14.2. The second-order valence-corrected chi connectivity index (χ2v) is 9.45. The Morgan fingerprint density at radius 2 is 1.83 bits per heavy atom. The van der Waals surface area contributed by atoms with Gasteiger partial charge in [-0.1, -0.05) is 42.8 Å². The molecular formula is C26H29N5O3S. The van der Waals surface area contributed by atoms with Crippen LogP contribution in [0.4, 0.5) is 0 Å². The fourth-order valence-electron chi connectivity index (χ4n) is 4.52. The number of ether oxygens (including phenoxy) is 2. The molecule has 4 aromatic rings. The first-order chi connectivity index (χ1) is 17.2. The lowest BCUT2D eigenvalue weighted by Gasteiger charge is -2.20. The topological polar surface area (TPSA) is 85.3 Å². The van der Waals surface area contributed by atoms with Crippen LogP contribution in [0, 0.1) is 0 Å². The minimum atomic E-state index is 0.137. The van der Waals surface area contributed by atoms with E-state index in [2.05, 4.69) is 21.2 Å². The number of benzene rings is 2. The number of carbonyl (C=O) groups excluding carboxylic acids is 1. The lowest BCUT2D eigenvalue weighted by Crippen LogP contribution is -2.33. The molecule has 2 aromatic carbocycles. The van der Waals surface area contributed by atoms with Gasteiger partial charge >= 0.3 is 0 Å². The third-order valence-electron chi connectivity index (χ3n) is 6.37. The summed E-state index contributed by atoms with van der Waals surface area (Å²) in [5, 5.41) is 10.8. The zero-order valence-corrected chi connectivity index (χ0v) is 20.8. The minimum Gasteiger partial charge on any atom is -0.497 e. The maximum Gasteiger partial charge on any atom is 0.233 e. The molecule has 1 N–H and O–H groups in total. The van der Waals surface area contributed by atoms with Crippen LogP contribution in [0.1, 0.15) is 25.7 Å². The molecule has 1 amide bonds. The van der Waals surface area contributed by atoms with Crippen molar-refractivity contribution in [3.05, 3.63) is 48.7 Å². The van der Waals surface area contributed by atoms with E-state index in [0.717, 1.165) is 48.1 Å². The monoisotopic (exact) mass is 491 g/mol. The van der Waals surface area contributed by atoms with E-state index in [1.807, 2.05) is 52.1 Å². The van der Waals surface area contributed by atoms with E-state index in [1.54, 1.807) is 14.2 Å². The van der Waals surface area contributed by atoms with E-state index in [9.17, 15) is 4.79 Å². The van der Waals surface area contributed by atoms with Gasteiger partial charge in [0.25, 0.3) is 0 Å². The minimum absolute atomic E-state index is 0.137. The van der Waals surface area contributed by atoms with E-state index < -0.39 is 0 Å². The van der Waals surface area contributed by atoms with E-state index in [1.165, 1.54) is 24.6 Å². The molecule has 0 unspecified atom stereocenters. The van der Waals surface area contributed by atoms with E-state index >= 15 is 0 Å². The summed E-state index contributed by atoms with van der Waals surface area (Å²) < 4.78 is 13.1. The van der Waals surface area contributed by atoms with Crippen molar-refractivity contribution in [2.45, 2.75) is 30.8 Å². The van der Waals surface area contributed by atoms with Gasteiger partial charge in [0.05, 0.1) is 25.7 Å². The largest absolute Gasteiger partial charge is 0.497 e. The Kier molecular flexibility index (Phi) is 6.94. The SMILES string of the molecule is COc1ccc(OC)c(-n2c(SCC(=O)N3CCCCCC3)nnc2-c2c[nH]c3ccccc23)c1. The number of carbonyl (C=O) groups is 1. The molecule has 9 heteroatoms. The number of rotatable bonds is 7. The first-order valence-corrected chi connectivity index (χ1v) is 12.8. The summed E-state index contributed by atoms with van der Waals surface area (Å²) in [7, 11) is 3.27. The number of aromatic nitrogens is 4. The molecule has 0 aliphatic carbocycles. The Morgan fingerprint density at radius 3 is 2.60 bits per heavy atom. The van der Waals surface area contributed by atoms with Crippen LogP contribution in [0.2, 0.25) is 0 Å². The highest BCUT2D eigenvalue weighted by molar-refractivity contribution is 7.99. The lowest BCUT2D eigenvalue weighted by molar-refractivity contribution is -0.128. The van der Waals surface area contributed by atoms with E-state index in [0.29, 0.717) is 28.2 Å². The van der Waals surface area contributed by atoms with Crippen LogP contribution >= 0.6 is 11.8 Å². The molecule has 1 saturated heterocycles. The lowest BCUT2D eigenvalue weighted by atomic mass is 10.1. The Bertz CT molecular complexity index is 1320. The quantitative estimate of drug-likeness (QED) is 0.369. The standard InChI is InChI=1S/C26H29N5O3S/c1-33-18-11-12-23(34-2)22(15-18)31-25(20-16-27-21-10-6-5-9-19(20)21)28-29-26(31)35-17-24(32)30-13-7-3-4-8-14-30/h5-6,9-12,15-16,27H,3-4,7-8,13-14,17H2,1-2H3. The smallest absolute Gasteiger partial charge is 0.233 e. The van der Waals surface area contributed by atoms with Crippen LogP contribution in [0.5, 0.6) is 11.5 Å². The van der Waals surface area contributed by atoms with Gasteiger partial charge in [0, 0.05) is 41.8 Å². The van der Waals surface area contributed by atoms with Crippen molar-refractivity contribution in [2.75, 3.05) is 33.1 Å². The molecule has 0 spiro atoms. The summed E-state index contributed by atoms with van der Waals surface area (Å²) in [6.45, 7) is 1.66. The van der Waals surface area contributed by atoms with Crippen molar-refractivity contribution in [3.63, 3.8) is 0 Å². The van der Waals surface area contributed by atoms with Crippen LogP contribution in [0.3, 0.4) is 0 Å². The number of nitrogens with one attached hydrogen (secondary N) is 1. The summed E-state index contributed by atoms with van der Waals surface area (Å²) in [6, 6.07) is 13.7. The van der Waals surface area contributed by atoms with Gasteiger partial charge in [-0.05, 0) is 31.0 Å². The fourth-order valence-corrected chi connectivity index (χ4v) is 5.37. The molecular weight excluding hydrogens is 462 g/mol. The summed E-state index contributed by atoms with van der Waals surface area (Å²) in [5.74, 6) is 2.46. The second-order valence-electron chi connectivity index (χ2n) is 8.51. The van der Waals surface area contributed by atoms with Gasteiger partial charge in [0.1, 0.15) is 11.5 Å². The zero-order chi connectivity index (χ0) is 24.2. The number of hydrogen-bond donors (Lipinski definition) is 1. The molecule has 1 aliphatic rings. The van der Waals surface area contributed by atoms with Gasteiger partial charge in [0.2, 0.25) is 5.91 Å². The van der Waals surface area contributed by atoms with Crippen molar-refractivity contribution in [1.82, 2.24) is 24.6 Å². The number of H-pyrrole nitrogens is 1. The van der Waals surface area contributed by atoms with Gasteiger partial charge in [0.15, 0.2) is 11.0 Å². The van der Waals surface area contributed by atoms with Crippen molar-refractivity contribution >= 4 is 28.6 Å². The zero-order valence-electron chi connectivity index (χ0n) is 20.0. The molecule has 35 heavy (non-hydrogen) atoms. The predicted octanol–water partition coefficient (Wildman–Crippen LogP) is 4.93. The van der Waals surface area contributed by atoms with Crippen molar-refractivity contribution in [1.29, 1.82) is 0 Å². The molecule has 0 bridgehead atoms. The van der Waals surface area contributed by atoms with Gasteiger partial charge in [-0.2, -0.15) is 0 Å². The number of nitrogens with zero attached hydrogens (tertiary/aromatic N) is 4. The second kappa shape index (κ2) is 10.4. The number of methoxy groups -OCH3 is 2. The molecule has 182 valence electrons. The highest BCUT2D eigenvalue weighted by Crippen LogP contribution is 2.37. The van der Waals surface area contributed by atoms with Crippen molar-refractivity contribution in [3.8, 4) is 28.6 Å². The average molecular weight is 492 g/mol. The third-order valence-corrected chi connectivity index (χ3v) is 7.29. The van der Waals surface area contributed by atoms with Crippen molar-refractivity contribution in [2.24, 2.45) is 0 Å². The molecule has 1 aliphatic heterocycles. The summed E-state index contributed by atoms with van der Waals surface area (Å²) >= 11 is 1.40. The number of amides is 1. The van der Waals surface area contributed by atoms with Crippen molar-refractivity contribution < 1.29 is 14.3 Å². The summed E-state index contributed by atoms with van der Waals surface area (Å²) in [6.07, 6.45) is 6.45. The number of aromatic amines is 1. The molecule has 0 saturated carbocycles. The number of para-hydroxylation sites is 1. The first kappa shape index (κ1) is 23.3. The van der Waals surface area contributed by atoms with Crippen LogP contribution in [0.25, 0.3) is 28.0 Å². The number of likely N-dealkylation sites (tertiary alicyclic amines) is 1. The predicted molar refractivity (Wildman–Crippen MR) is 138 cm³/mol. The Labute approximate surface area is 208 Å². The van der Waals surface area contributed by atoms with Crippen LogP contribution in [-0.2, 0) is 4.79 Å². The van der Waals surface area contributed by atoms with Gasteiger partial charge in [-0.3, -0.25) is 9.36 Å². The molecule has 8 nitrogen and oxygen atoms in total. The third kappa shape index (κ3) is 4.73. The van der Waals surface area contributed by atoms with Crippen LogP contribution in [0.15, 0.2) is 53.8 Å². The Morgan fingerprint density at radius 1 is 1.03 bits per heavy atom. The van der Waals surface area contributed by atoms with Crippen LogP contribution in [-0.4, -0.2) is 63.6 Å². The van der Waals surface area contributed by atoms with Gasteiger partial charge < -0.3 is 19.4 Å². The number of fused-ring (bicyclic) bond motifs is 1. The molecule has 3 heterocycles. The molecule has 2 aromatic heterocycles. The first-order valence-electron chi connectivity index (χ1n) is 11.8. The maximum atomic E-state index is 13.0. The van der Waals surface area contributed by atoms with E-state index in [4.69, 9.17) is 9.47 Å². The Balaban J connectivity index is 1.56. The maximum absolute atomic E-state index is 13.0. The van der Waals surface area contributed by atoms with Gasteiger partial charge in [-0.25, -0.2) is 0 Å². The van der Waals surface area contributed by atoms with Crippen LogP contribution < -0.4 is 9.47 Å². The highest BCUT2D eigenvalue weighted by atomic mass is 32.2. The number of thioether (sulfide) groups is 1. The highest BCUT2D eigenvalue weighted by Gasteiger charge is 2.23. The Hall–Kier alpha value is -3.46. The molecule has 5 rings (SSSR count).